The van der Waals surface area contributed by atoms with Crippen molar-refractivity contribution in [2.45, 2.75) is 56.9 Å². The van der Waals surface area contributed by atoms with Crippen LogP contribution in [0.4, 0.5) is 0 Å². The van der Waals surface area contributed by atoms with Crippen LogP contribution in [0.3, 0.4) is 0 Å². The number of nitriles is 1. The van der Waals surface area contributed by atoms with E-state index in [-0.39, 0.29) is 50.0 Å². The molecular formula is C28H34N4O6. The van der Waals surface area contributed by atoms with Crippen LogP contribution in [0.25, 0.3) is 0 Å². The molecule has 10 nitrogen and oxygen atoms in total. The molecular weight excluding hydrogens is 488 g/mol. The van der Waals surface area contributed by atoms with Crippen LogP contribution in [0, 0.1) is 25.2 Å². The largest absolute Gasteiger partial charge is 0.507 e. The van der Waals surface area contributed by atoms with Crippen LogP contribution in [-0.2, 0) is 17.6 Å². The van der Waals surface area contributed by atoms with Crippen LogP contribution in [-0.4, -0.2) is 74.4 Å². The molecule has 2 aromatic rings. The summed E-state index contributed by atoms with van der Waals surface area (Å²) in [4.78, 5) is 4.55. The molecule has 0 aromatic heterocycles. The highest BCUT2D eigenvalue weighted by atomic mass is 16.7. The van der Waals surface area contributed by atoms with Crippen LogP contribution >= 0.6 is 0 Å². The fourth-order valence-corrected chi connectivity index (χ4v) is 7.31. The quantitative estimate of drug-likeness (QED) is 0.566. The summed E-state index contributed by atoms with van der Waals surface area (Å²) in [5.41, 5.74) is 11.9. The molecule has 2 aromatic carbocycles. The fraction of sp³-hybridized carbons (Fsp3) is 0.536. The zero-order valence-electron chi connectivity index (χ0n) is 22.4. The van der Waals surface area contributed by atoms with Gasteiger partial charge in [-0.2, -0.15) is 5.26 Å². The van der Waals surface area contributed by atoms with E-state index in [1.807, 2.05) is 13.8 Å². The van der Waals surface area contributed by atoms with Gasteiger partial charge in [-0.05, 0) is 44.9 Å². The van der Waals surface area contributed by atoms with Crippen molar-refractivity contribution >= 4 is 0 Å². The number of nitrogens with zero attached hydrogens (tertiary/aromatic N) is 3. The number of methoxy groups -OCH3 is 2. The van der Waals surface area contributed by atoms with Crippen molar-refractivity contribution in [3.05, 3.63) is 39.4 Å². The highest BCUT2D eigenvalue weighted by molar-refractivity contribution is 5.66. The maximum absolute atomic E-state index is 11.4. The first-order valence-electron chi connectivity index (χ1n) is 12.9. The Labute approximate surface area is 222 Å². The number of hydrogen-bond donors (Lipinski definition) is 2. The van der Waals surface area contributed by atoms with Crippen molar-refractivity contribution in [1.29, 1.82) is 5.26 Å². The third kappa shape index (κ3) is 3.26. The number of likely N-dealkylation sites (N-methyl/N-ethyl adjacent to an activating group) is 1. The van der Waals surface area contributed by atoms with Gasteiger partial charge in [-0.3, -0.25) is 9.80 Å². The second-order valence-corrected chi connectivity index (χ2v) is 10.5. The van der Waals surface area contributed by atoms with E-state index in [0.717, 1.165) is 27.8 Å². The standard InChI is InChI=1S/C28H34N4O6/c1-13-6-15-7-17-19(9-29)32-18(23(31(17)3)21(15)27(25(13)35-5)36-11-34-4)8-16-22(20(32)10-30)28-26(37-12-38-28)14(2)24(16)33/h6,17-20,23,33H,7-8,10-12,30H2,1-5H3/t17-,18+,19+,20+,23+/m1/s1. The van der Waals surface area contributed by atoms with Gasteiger partial charge in [0.15, 0.2) is 29.8 Å². The number of aromatic hydroxyl groups is 1. The minimum absolute atomic E-state index is 0.0586. The van der Waals surface area contributed by atoms with Crippen molar-refractivity contribution in [3.8, 4) is 34.8 Å². The molecule has 6 rings (SSSR count). The Hall–Kier alpha value is -3.23. The highest BCUT2D eigenvalue weighted by Crippen LogP contribution is 2.58. The topological polar surface area (TPSA) is 123 Å². The number of benzene rings is 2. The molecule has 5 atom stereocenters. The minimum Gasteiger partial charge on any atom is -0.507 e. The first kappa shape index (κ1) is 25.1. The summed E-state index contributed by atoms with van der Waals surface area (Å²) in [5, 5.41) is 21.9. The molecule has 1 fully saturated rings. The van der Waals surface area contributed by atoms with Crippen LogP contribution in [0.5, 0.6) is 28.7 Å². The third-order valence-electron chi connectivity index (χ3n) is 8.82. The molecule has 202 valence electrons. The lowest BCUT2D eigenvalue weighted by atomic mass is 9.71. The molecule has 1 saturated heterocycles. The monoisotopic (exact) mass is 522 g/mol. The second kappa shape index (κ2) is 9.20. The lowest BCUT2D eigenvalue weighted by Crippen LogP contribution is -2.68. The fourth-order valence-electron chi connectivity index (χ4n) is 7.31. The van der Waals surface area contributed by atoms with Crippen LogP contribution in [0.1, 0.15) is 45.5 Å². The van der Waals surface area contributed by atoms with Crippen molar-refractivity contribution in [3.63, 3.8) is 0 Å². The lowest BCUT2D eigenvalue weighted by Gasteiger charge is -2.60. The molecule has 0 radical (unpaired) electrons. The van der Waals surface area contributed by atoms with Gasteiger partial charge >= 0.3 is 0 Å². The molecule has 0 amide bonds. The van der Waals surface area contributed by atoms with Crippen molar-refractivity contribution in [2.75, 3.05) is 41.4 Å². The summed E-state index contributed by atoms with van der Waals surface area (Å²) in [6, 6.07) is 3.67. The van der Waals surface area contributed by atoms with E-state index >= 15 is 0 Å². The minimum atomic E-state index is -0.414. The van der Waals surface area contributed by atoms with Gasteiger partial charge in [0.25, 0.3) is 0 Å². The molecule has 0 saturated carbocycles. The molecule has 0 unspecified atom stereocenters. The van der Waals surface area contributed by atoms with E-state index in [0.29, 0.717) is 41.4 Å². The maximum atomic E-state index is 11.4. The average molecular weight is 523 g/mol. The van der Waals surface area contributed by atoms with Crippen LogP contribution in [0.2, 0.25) is 0 Å². The van der Waals surface area contributed by atoms with E-state index in [1.54, 1.807) is 14.2 Å². The summed E-state index contributed by atoms with van der Waals surface area (Å²) < 4.78 is 28.9. The first-order chi connectivity index (χ1) is 18.4. The van der Waals surface area contributed by atoms with E-state index in [2.05, 4.69) is 29.0 Å². The molecule has 3 N–H and O–H groups in total. The molecule has 4 aliphatic heterocycles. The Kier molecular flexibility index (Phi) is 6.07. The highest BCUT2D eigenvalue weighted by Gasteiger charge is 2.56. The zero-order chi connectivity index (χ0) is 26.9. The van der Waals surface area contributed by atoms with Gasteiger partial charge in [0.05, 0.1) is 25.3 Å². The van der Waals surface area contributed by atoms with Gasteiger partial charge in [0.1, 0.15) is 11.8 Å². The van der Waals surface area contributed by atoms with E-state index in [9.17, 15) is 10.4 Å². The predicted molar refractivity (Wildman–Crippen MR) is 138 cm³/mol. The maximum Gasteiger partial charge on any atom is 0.231 e. The number of fused-ring (bicyclic) bond motifs is 9. The number of phenolic OH excluding ortho intramolecular Hbond substituents is 1. The van der Waals surface area contributed by atoms with Gasteiger partial charge in [-0.1, -0.05) is 6.07 Å². The summed E-state index contributed by atoms with van der Waals surface area (Å²) in [7, 11) is 5.31. The molecule has 0 spiro atoms. The van der Waals surface area contributed by atoms with Gasteiger partial charge in [0, 0.05) is 48.0 Å². The SMILES string of the molecule is COCOc1c(OC)c(C)cc2c1[C@@H]1[C@@H]3Cc4c(O)c(C)c5c(c4[C@H](CN)N3[C@@H](C#N)[C@@H](C2)N1C)OCO5. The van der Waals surface area contributed by atoms with Crippen LogP contribution < -0.4 is 24.7 Å². The van der Waals surface area contributed by atoms with Crippen LogP contribution in [0.15, 0.2) is 6.07 Å². The Bertz CT molecular complexity index is 1340. The summed E-state index contributed by atoms with van der Waals surface area (Å²) in [6.07, 6.45) is 1.19. The Morgan fingerprint density at radius 2 is 1.89 bits per heavy atom. The molecule has 0 aliphatic carbocycles. The number of nitrogens with two attached hydrogens (primary N) is 1. The molecule has 4 heterocycles. The third-order valence-corrected chi connectivity index (χ3v) is 8.82. The average Bonchev–Trinajstić information content (AvgIpc) is 3.40. The number of piperazine rings is 1. The normalized spacial score (nSPS) is 27.2. The summed E-state index contributed by atoms with van der Waals surface area (Å²) >= 11 is 0. The molecule has 38 heavy (non-hydrogen) atoms. The second-order valence-electron chi connectivity index (χ2n) is 10.5. The van der Waals surface area contributed by atoms with Crippen molar-refractivity contribution in [1.82, 2.24) is 9.80 Å². The first-order valence-corrected chi connectivity index (χ1v) is 12.9. The summed E-state index contributed by atoms with van der Waals surface area (Å²) in [5.74, 6) is 2.73. The zero-order valence-corrected chi connectivity index (χ0v) is 22.4. The molecule has 10 heteroatoms. The number of hydrogen-bond acceptors (Lipinski definition) is 10. The van der Waals surface area contributed by atoms with Crippen molar-refractivity contribution in [2.24, 2.45) is 5.73 Å². The Morgan fingerprint density at radius 3 is 2.58 bits per heavy atom. The Morgan fingerprint density at radius 1 is 1.13 bits per heavy atom. The summed E-state index contributed by atoms with van der Waals surface area (Å²) in [6.45, 7) is 4.29. The van der Waals surface area contributed by atoms with Gasteiger partial charge in [-0.15, -0.1) is 0 Å². The van der Waals surface area contributed by atoms with Gasteiger partial charge < -0.3 is 34.5 Å². The lowest BCUT2D eigenvalue weighted by molar-refractivity contribution is -0.0719. The van der Waals surface area contributed by atoms with E-state index in [4.69, 9.17) is 29.4 Å². The van der Waals surface area contributed by atoms with Gasteiger partial charge in [-0.25, -0.2) is 0 Å². The Balaban J connectivity index is 1.60. The van der Waals surface area contributed by atoms with Crippen molar-refractivity contribution < 1.29 is 28.8 Å². The van der Waals surface area contributed by atoms with E-state index in [1.165, 1.54) is 0 Å². The smallest absolute Gasteiger partial charge is 0.231 e. The molecule has 2 bridgehead atoms. The van der Waals surface area contributed by atoms with E-state index < -0.39 is 6.04 Å². The number of ether oxygens (including phenoxy) is 5. The predicted octanol–water partition coefficient (Wildman–Crippen LogP) is 2.46. The van der Waals surface area contributed by atoms with Gasteiger partial charge in [0.2, 0.25) is 6.79 Å². The number of aryl methyl sites for hydroxylation is 1. The number of phenols is 1. The number of rotatable bonds is 5. The molecule has 4 aliphatic rings.